The molecule has 0 saturated heterocycles. The Morgan fingerprint density at radius 2 is 0.500 bits per heavy atom. The number of hydrogen-bond donors (Lipinski definition) is 1. The summed E-state index contributed by atoms with van der Waals surface area (Å²) in [5.74, 6) is 0.616. The Bertz CT molecular complexity index is 1350. The molecular weight excluding hydrogens is 677 g/mol. The molecule has 56 heavy (non-hydrogen) atoms. The Morgan fingerprint density at radius 3 is 0.696 bits per heavy atom. The van der Waals surface area contributed by atoms with Crippen molar-refractivity contribution in [3.8, 4) is 0 Å². The minimum atomic E-state index is 0.311. The topological polar surface area (TPSA) is 20.2 Å². The van der Waals surface area contributed by atoms with E-state index in [1.807, 2.05) is 0 Å². The molecule has 0 aromatic carbocycles. The lowest BCUT2D eigenvalue weighted by Gasteiger charge is -2.07. The van der Waals surface area contributed by atoms with Crippen LogP contribution in [0.2, 0.25) is 0 Å². The second kappa shape index (κ2) is 35.5. The van der Waals surface area contributed by atoms with Crippen LogP contribution in [0.1, 0.15) is 218 Å². The predicted molar refractivity (Wildman–Crippen MR) is 256 cm³/mol. The highest BCUT2D eigenvalue weighted by molar-refractivity contribution is 5.11. The Hall–Kier alpha value is -2.64. The quantitative estimate of drug-likeness (QED) is 0.0676. The second-order valence-corrected chi connectivity index (χ2v) is 17.8. The first-order chi connectivity index (χ1) is 26.7. The normalized spacial score (nSPS) is 15.2. The molecule has 0 radical (unpaired) electrons. The van der Waals surface area contributed by atoms with Gasteiger partial charge in [0.1, 0.15) is 0 Å². The van der Waals surface area contributed by atoms with Crippen molar-refractivity contribution in [1.29, 1.82) is 0 Å². The van der Waals surface area contributed by atoms with Crippen molar-refractivity contribution in [2.45, 2.75) is 218 Å². The van der Waals surface area contributed by atoms with Crippen LogP contribution < -0.4 is 0 Å². The van der Waals surface area contributed by atoms with Gasteiger partial charge in [0.2, 0.25) is 0 Å². The highest BCUT2D eigenvalue weighted by atomic mass is 16.3. The molecule has 0 bridgehead atoms. The number of aliphatic hydroxyl groups excluding tert-OH is 1. The number of rotatable bonds is 32. The van der Waals surface area contributed by atoms with Crippen LogP contribution >= 0.6 is 0 Å². The van der Waals surface area contributed by atoms with Crippen LogP contribution in [0.3, 0.4) is 0 Å². The Morgan fingerprint density at radius 1 is 0.304 bits per heavy atom. The van der Waals surface area contributed by atoms with Gasteiger partial charge in [0.25, 0.3) is 0 Å². The zero-order chi connectivity index (χ0) is 42.0. The van der Waals surface area contributed by atoms with Crippen LogP contribution in [0.15, 0.2) is 116 Å². The molecule has 0 unspecified atom stereocenters. The summed E-state index contributed by atoms with van der Waals surface area (Å²) in [5.41, 5.74) is 15.1. The van der Waals surface area contributed by atoms with Gasteiger partial charge in [0, 0.05) is 6.61 Å². The van der Waals surface area contributed by atoms with Crippen LogP contribution in [0.4, 0.5) is 0 Å². The van der Waals surface area contributed by atoms with Crippen LogP contribution in [0.25, 0.3) is 0 Å². The van der Waals surface area contributed by atoms with Crippen LogP contribution in [-0.4, -0.2) is 11.7 Å². The van der Waals surface area contributed by atoms with Gasteiger partial charge in [-0.15, -0.1) is 0 Å². The minimum absolute atomic E-state index is 0.311. The van der Waals surface area contributed by atoms with Gasteiger partial charge in [-0.1, -0.05) is 123 Å². The van der Waals surface area contributed by atoms with Gasteiger partial charge in [0.15, 0.2) is 0 Å². The molecule has 0 saturated carbocycles. The summed E-state index contributed by atoms with van der Waals surface area (Å²) in [5, 5.41) is 9.06. The highest BCUT2D eigenvalue weighted by Crippen LogP contribution is 2.19. The van der Waals surface area contributed by atoms with Gasteiger partial charge in [-0.2, -0.15) is 0 Å². The fraction of sp³-hybridized carbons (Fsp3) is 0.636. The van der Waals surface area contributed by atoms with E-state index in [4.69, 9.17) is 5.11 Å². The molecule has 0 aliphatic carbocycles. The Kier molecular flexibility index (Phi) is 33.8. The molecule has 318 valence electrons. The van der Waals surface area contributed by atoms with E-state index in [-0.39, 0.29) is 0 Å². The first-order valence-corrected chi connectivity index (χ1v) is 22.9. The molecular formula is C55H92O. The molecule has 0 rings (SSSR count). The molecule has 1 atom stereocenters. The second-order valence-electron chi connectivity index (χ2n) is 17.8. The zero-order valence-electron chi connectivity index (χ0n) is 39.4. The summed E-state index contributed by atoms with van der Waals surface area (Å²) in [4.78, 5) is 0. The van der Waals surface area contributed by atoms with Gasteiger partial charge in [0.05, 0.1) is 0 Å². The molecule has 1 nitrogen and oxygen atoms in total. The monoisotopic (exact) mass is 769 g/mol. The van der Waals surface area contributed by atoms with E-state index in [0.717, 1.165) is 64.2 Å². The molecule has 0 heterocycles. The fourth-order valence-electron chi connectivity index (χ4n) is 6.86. The predicted octanol–water partition coefficient (Wildman–Crippen LogP) is 18.3. The molecule has 0 amide bonds. The van der Waals surface area contributed by atoms with E-state index in [0.29, 0.717) is 12.5 Å². The highest BCUT2D eigenvalue weighted by Gasteiger charge is 2.00. The summed E-state index contributed by atoms with van der Waals surface area (Å²) in [6.45, 7) is 27.6. The molecule has 0 fully saturated rings. The van der Waals surface area contributed by atoms with E-state index in [1.54, 1.807) is 0 Å². The van der Waals surface area contributed by atoms with Gasteiger partial charge in [-0.3, -0.25) is 0 Å². The van der Waals surface area contributed by atoms with Crippen molar-refractivity contribution in [3.63, 3.8) is 0 Å². The lowest BCUT2D eigenvalue weighted by Crippen LogP contribution is -1.97. The van der Waals surface area contributed by atoms with Crippen LogP contribution in [-0.2, 0) is 0 Å². The molecule has 0 aromatic rings. The maximum atomic E-state index is 9.06. The fourth-order valence-corrected chi connectivity index (χ4v) is 6.86. The maximum Gasteiger partial charge on any atom is 0.0433 e. The summed E-state index contributed by atoms with van der Waals surface area (Å²) >= 11 is 0. The lowest BCUT2D eigenvalue weighted by molar-refractivity contribution is 0.259. The third-order valence-electron chi connectivity index (χ3n) is 11.1. The minimum Gasteiger partial charge on any atom is -0.396 e. The van der Waals surface area contributed by atoms with Crippen LogP contribution in [0, 0.1) is 5.92 Å². The van der Waals surface area contributed by atoms with Crippen molar-refractivity contribution in [2.75, 3.05) is 6.61 Å². The molecule has 0 aliphatic rings. The Labute approximate surface area is 350 Å². The molecule has 1 N–H and O–H groups in total. The van der Waals surface area contributed by atoms with Crippen molar-refractivity contribution in [3.05, 3.63) is 116 Å². The standard InChI is InChI=1S/C55H92O/c1-45(2)23-13-24-46(3)25-14-26-47(4)27-15-28-48(5)29-16-30-49(6)31-17-32-50(7)33-18-34-51(8)35-19-36-52(9)37-20-38-53(10)39-21-40-54(11)41-22-42-55(12)43-44-56/h23,25,27,29,31,33,35,37,39,41,55-56H,13-22,24,26,28,30,32,34,36,38,40,42-44H2,1-12H3/b46-25+,47-27+,48-29+,49-31+,50-33+,51-35+,52-37+,53-39+,54-41+/t55-/m0/s1. The van der Waals surface area contributed by atoms with Gasteiger partial charge in [-0.05, 0) is 217 Å². The van der Waals surface area contributed by atoms with Crippen LogP contribution in [0.5, 0.6) is 0 Å². The third kappa shape index (κ3) is 35.8. The first kappa shape index (κ1) is 53.4. The van der Waals surface area contributed by atoms with Crippen molar-refractivity contribution >= 4 is 0 Å². The number of allylic oxidation sites excluding steroid dienone is 20. The average Bonchev–Trinajstić information content (AvgIpc) is 3.11. The zero-order valence-corrected chi connectivity index (χ0v) is 39.4. The maximum absolute atomic E-state index is 9.06. The van der Waals surface area contributed by atoms with Crippen molar-refractivity contribution in [1.82, 2.24) is 0 Å². The van der Waals surface area contributed by atoms with Crippen molar-refractivity contribution in [2.24, 2.45) is 5.92 Å². The Balaban J connectivity index is 4.25. The smallest absolute Gasteiger partial charge is 0.0433 e. The van der Waals surface area contributed by atoms with E-state index in [1.165, 1.54) is 126 Å². The number of hydrogen-bond acceptors (Lipinski definition) is 1. The SMILES string of the molecule is CC(C)=CCC/C(C)=C/CC/C(C)=C/CC/C(C)=C/CC/C(C)=C/CC/C(C)=C/CC/C(C)=C/CC/C(C)=C/CC/C(C)=C/CC/C(C)=C/CC[C@H](C)CCO. The van der Waals surface area contributed by atoms with Gasteiger partial charge in [-0.25, -0.2) is 0 Å². The summed E-state index contributed by atoms with van der Waals surface area (Å²) < 4.78 is 0. The third-order valence-corrected chi connectivity index (χ3v) is 11.1. The summed E-state index contributed by atoms with van der Waals surface area (Å²) in [6, 6.07) is 0. The summed E-state index contributed by atoms with van der Waals surface area (Å²) in [6.07, 6.45) is 48.6. The molecule has 0 spiro atoms. The van der Waals surface area contributed by atoms with Gasteiger partial charge >= 0.3 is 0 Å². The average molecular weight is 769 g/mol. The van der Waals surface area contributed by atoms with E-state index in [2.05, 4.69) is 144 Å². The largest absolute Gasteiger partial charge is 0.396 e. The number of aliphatic hydroxyl groups is 1. The van der Waals surface area contributed by atoms with E-state index >= 15 is 0 Å². The van der Waals surface area contributed by atoms with E-state index < -0.39 is 0 Å². The summed E-state index contributed by atoms with van der Waals surface area (Å²) in [7, 11) is 0. The van der Waals surface area contributed by atoms with Gasteiger partial charge < -0.3 is 5.11 Å². The first-order valence-electron chi connectivity index (χ1n) is 22.9. The molecule has 1 heteroatoms. The van der Waals surface area contributed by atoms with Crippen molar-refractivity contribution < 1.29 is 5.11 Å². The molecule has 0 aliphatic heterocycles. The van der Waals surface area contributed by atoms with E-state index in [9.17, 15) is 0 Å². The molecule has 0 aromatic heterocycles. The lowest BCUT2D eigenvalue weighted by atomic mass is 10.0.